The summed E-state index contributed by atoms with van der Waals surface area (Å²) in [6.07, 6.45) is 0. The zero-order chi connectivity index (χ0) is 21.7. The summed E-state index contributed by atoms with van der Waals surface area (Å²) in [5, 5.41) is 3.29. The van der Waals surface area contributed by atoms with Crippen LogP contribution < -0.4 is 14.8 Å². The highest BCUT2D eigenvalue weighted by Gasteiger charge is 2.19. The minimum atomic E-state index is -3.92. The number of halogens is 2. The molecule has 3 rings (SSSR count). The fourth-order valence-electron chi connectivity index (χ4n) is 2.61. The predicted octanol–water partition coefficient (Wildman–Crippen LogP) is 5.12. The summed E-state index contributed by atoms with van der Waals surface area (Å²) < 4.78 is 33.5. The summed E-state index contributed by atoms with van der Waals surface area (Å²) in [7, 11) is -3.92. The summed E-state index contributed by atoms with van der Waals surface area (Å²) in [5.41, 5.74) is 1.09. The average Bonchev–Trinajstić information content (AvgIpc) is 2.70. The molecule has 0 aromatic heterocycles. The summed E-state index contributed by atoms with van der Waals surface area (Å²) in [6, 6.07) is 17.9. The number of carbonyl (C=O) groups excluding carboxylic acids is 1. The second-order valence-corrected chi connectivity index (χ2v) is 8.80. The molecule has 0 aliphatic rings. The monoisotopic (exact) mass is 464 g/mol. The molecule has 6 nitrogen and oxygen atoms in total. The van der Waals surface area contributed by atoms with E-state index in [1.54, 1.807) is 67.6 Å². The van der Waals surface area contributed by atoms with Crippen molar-refractivity contribution >= 4 is 50.5 Å². The number of nitrogens with one attached hydrogen (secondary N) is 2. The number of aryl methyl sites for hydroxylation is 1. The molecule has 0 unspecified atom stereocenters. The SMILES string of the molecule is Cc1ccc(NC(=O)COc2ccccc2Cl)cc1S(=O)(=O)Nc1ccccc1Cl. The largest absolute Gasteiger partial charge is 0.482 e. The van der Waals surface area contributed by atoms with Crippen molar-refractivity contribution in [2.24, 2.45) is 0 Å². The quantitative estimate of drug-likeness (QED) is 0.507. The van der Waals surface area contributed by atoms with Gasteiger partial charge in [0.15, 0.2) is 6.61 Å². The summed E-state index contributed by atoms with van der Waals surface area (Å²) >= 11 is 12.0. The first-order chi connectivity index (χ1) is 14.3. The van der Waals surface area contributed by atoms with E-state index in [4.69, 9.17) is 27.9 Å². The molecule has 0 fully saturated rings. The van der Waals surface area contributed by atoms with Crippen LogP contribution in [0.3, 0.4) is 0 Å². The molecule has 0 aliphatic heterocycles. The molecular weight excluding hydrogens is 447 g/mol. The highest BCUT2D eigenvalue weighted by molar-refractivity contribution is 7.92. The van der Waals surface area contributed by atoms with E-state index in [9.17, 15) is 13.2 Å². The second kappa shape index (κ2) is 9.38. The third-order valence-electron chi connectivity index (χ3n) is 4.08. The topological polar surface area (TPSA) is 84.5 Å². The Morgan fingerprint density at radius 2 is 1.63 bits per heavy atom. The molecule has 0 heterocycles. The van der Waals surface area contributed by atoms with E-state index >= 15 is 0 Å². The van der Waals surface area contributed by atoms with E-state index in [-0.39, 0.29) is 22.2 Å². The van der Waals surface area contributed by atoms with Gasteiger partial charge in [-0.2, -0.15) is 0 Å². The molecule has 0 saturated carbocycles. The van der Waals surface area contributed by atoms with Crippen LogP contribution in [0.1, 0.15) is 5.56 Å². The van der Waals surface area contributed by atoms with Crippen molar-refractivity contribution in [3.05, 3.63) is 82.3 Å². The molecule has 0 atom stereocenters. The van der Waals surface area contributed by atoms with Crippen molar-refractivity contribution in [1.29, 1.82) is 0 Å². The number of benzene rings is 3. The molecule has 1 amide bonds. The van der Waals surface area contributed by atoms with Gasteiger partial charge in [0, 0.05) is 5.69 Å². The smallest absolute Gasteiger partial charge is 0.262 e. The maximum absolute atomic E-state index is 12.8. The number of ether oxygens (including phenoxy) is 1. The maximum Gasteiger partial charge on any atom is 0.262 e. The first-order valence-electron chi connectivity index (χ1n) is 8.81. The number of carbonyl (C=O) groups is 1. The van der Waals surface area contributed by atoms with Crippen molar-refractivity contribution < 1.29 is 17.9 Å². The molecule has 30 heavy (non-hydrogen) atoms. The molecule has 0 saturated heterocycles. The highest BCUT2D eigenvalue weighted by Crippen LogP contribution is 2.27. The third-order valence-corrected chi connectivity index (χ3v) is 6.22. The Balaban J connectivity index is 1.73. The number of hydrogen-bond acceptors (Lipinski definition) is 4. The van der Waals surface area contributed by atoms with Gasteiger partial charge >= 0.3 is 0 Å². The van der Waals surface area contributed by atoms with Gasteiger partial charge in [0.05, 0.1) is 20.6 Å². The van der Waals surface area contributed by atoms with Crippen LogP contribution in [0.5, 0.6) is 5.75 Å². The Hall–Kier alpha value is -2.74. The lowest BCUT2D eigenvalue weighted by molar-refractivity contribution is -0.118. The number of para-hydroxylation sites is 2. The highest BCUT2D eigenvalue weighted by atomic mass is 35.5. The van der Waals surface area contributed by atoms with E-state index in [1.807, 2.05) is 0 Å². The molecule has 156 valence electrons. The van der Waals surface area contributed by atoms with E-state index in [1.165, 1.54) is 6.07 Å². The van der Waals surface area contributed by atoms with Crippen LogP contribution in [-0.4, -0.2) is 20.9 Å². The van der Waals surface area contributed by atoms with E-state index in [2.05, 4.69) is 10.0 Å². The van der Waals surface area contributed by atoms with Gasteiger partial charge in [-0.25, -0.2) is 8.42 Å². The Labute approximate surface area is 184 Å². The van der Waals surface area contributed by atoms with Crippen LogP contribution in [0.15, 0.2) is 71.6 Å². The van der Waals surface area contributed by atoms with E-state index < -0.39 is 15.9 Å². The van der Waals surface area contributed by atoms with Gasteiger partial charge < -0.3 is 10.1 Å². The van der Waals surface area contributed by atoms with Crippen molar-refractivity contribution in [3.63, 3.8) is 0 Å². The lowest BCUT2D eigenvalue weighted by Gasteiger charge is -2.14. The van der Waals surface area contributed by atoms with Crippen LogP contribution in [-0.2, 0) is 14.8 Å². The van der Waals surface area contributed by atoms with Crippen LogP contribution in [0, 0.1) is 6.92 Å². The minimum Gasteiger partial charge on any atom is -0.482 e. The van der Waals surface area contributed by atoms with Crippen LogP contribution in [0.2, 0.25) is 10.0 Å². The van der Waals surface area contributed by atoms with Gasteiger partial charge in [-0.05, 0) is 48.9 Å². The maximum atomic E-state index is 12.8. The Morgan fingerprint density at radius 3 is 2.33 bits per heavy atom. The molecular formula is C21H18Cl2N2O4S. The zero-order valence-corrected chi connectivity index (χ0v) is 18.2. The molecule has 0 bridgehead atoms. The Bertz CT molecular complexity index is 1180. The van der Waals surface area contributed by atoms with Gasteiger partial charge in [0.25, 0.3) is 15.9 Å². The van der Waals surface area contributed by atoms with Crippen LogP contribution in [0.25, 0.3) is 0 Å². The fourth-order valence-corrected chi connectivity index (χ4v) is 4.39. The van der Waals surface area contributed by atoms with Gasteiger partial charge in [-0.3, -0.25) is 9.52 Å². The molecule has 3 aromatic rings. The lowest BCUT2D eigenvalue weighted by Crippen LogP contribution is -2.21. The summed E-state index contributed by atoms with van der Waals surface area (Å²) in [4.78, 5) is 12.2. The number of hydrogen-bond donors (Lipinski definition) is 2. The van der Waals surface area contributed by atoms with E-state index in [0.717, 1.165) is 0 Å². The number of anilines is 2. The van der Waals surface area contributed by atoms with Gasteiger partial charge in [0.1, 0.15) is 5.75 Å². The standard InChI is InChI=1S/C21H18Cl2N2O4S/c1-14-10-11-15(24-21(26)13-29-19-9-5-3-7-17(19)23)12-20(14)30(27,28)25-18-8-4-2-6-16(18)22/h2-12,25H,13H2,1H3,(H,24,26). The molecule has 2 N–H and O–H groups in total. The lowest BCUT2D eigenvalue weighted by atomic mass is 10.2. The van der Waals surface area contributed by atoms with E-state index in [0.29, 0.717) is 22.0 Å². The first-order valence-corrected chi connectivity index (χ1v) is 11.1. The second-order valence-electron chi connectivity index (χ2n) is 6.33. The summed E-state index contributed by atoms with van der Waals surface area (Å²) in [5.74, 6) is -0.0772. The van der Waals surface area contributed by atoms with Crippen LogP contribution >= 0.6 is 23.2 Å². The van der Waals surface area contributed by atoms with Crippen molar-refractivity contribution in [2.75, 3.05) is 16.6 Å². The van der Waals surface area contributed by atoms with Gasteiger partial charge in [-0.1, -0.05) is 53.5 Å². The number of rotatable bonds is 7. The Kier molecular flexibility index (Phi) is 6.87. The average molecular weight is 465 g/mol. The molecule has 3 aromatic carbocycles. The van der Waals surface area contributed by atoms with Gasteiger partial charge in [0.2, 0.25) is 0 Å². The van der Waals surface area contributed by atoms with Crippen molar-refractivity contribution in [2.45, 2.75) is 11.8 Å². The Morgan fingerprint density at radius 1 is 0.967 bits per heavy atom. The molecule has 9 heteroatoms. The van der Waals surface area contributed by atoms with Gasteiger partial charge in [-0.15, -0.1) is 0 Å². The van der Waals surface area contributed by atoms with Crippen LogP contribution in [0.4, 0.5) is 11.4 Å². The number of amides is 1. The number of sulfonamides is 1. The minimum absolute atomic E-state index is 0.0206. The molecule has 0 spiro atoms. The summed E-state index contributed by atoms with van der Waals surface area (Å²) in [6.45, 7) is 1.38. The predicted molar refractivity (Wildman–Crippen MR) is 119 cm³/mol. The first kappa shape index (κ1) is 22.0. The molecule has 0 radical (unpaired) electrons. The normalized spacial score (nSPS) is 11.0. The van der Waals surface area contributed by atoms with Crippen molar-refractivity contribution in [1.82, 2.24) is 0 Å². The third kappa shape index (κ3) is 5.44. The van der Waals surface area contributed by atoms with Crippen molar-refractivity contribution in [3.8, 4) is 5.75 Å². The molecule has 0 aliphatic carbocycles. The zero-order valence-electron chi connectivity index (χ0n) is 15.9. The fraction of sp³-hybridized carbons (Fsp3) is 0.0952.